The minimum atomic E-state index is -0.575. The zero-order valence-corrected chi connectivity index (χ0v) is 9.17. The van der Waals surface area contributed by atoms with Crippen LogP contribution in [0.15, 0.2) is 17.0 Å². The summed E-state index contributed by atoms with van der Waals surface area (Å²) in [4.78, 5) is 11.7. The molecule has 0 bridgehead atoms. The van der Waals surface area contributed by atoms with Gasteiger partial charge in [-0.2, -0.15) is 5.26 Å². The van der Waals surface area contributed by atoms with E-state index in [0.29, 0.717) is 11.3 Å². The van der Waals surface area contributed by atoms with E-state index in [1.54, 1.807) is 0 Å². The van der Waals surface area contributed by atoms with E-state index in [9.17, 15) is 4.79 Å². The van der Waals surface area contributed by atoms with Crippen LogP contribution in [0, 0.1) is 11.3 Å². The molecule has 0 spiro atoms. The minimum absolute atomic E-state index is 0.169. The van der Waals surface area contributed by atoms with Gasteiger partial charge >= 0.3 is 5.97 Å². The summed E-state index contributed by atoms with van der Waals surface area (Å²) in [6.45, 7) is 0. The molecule has 0 atom stereocenters. The number of hydrogen-bond donors (Lipinski definition) is 1. The van der Waals surface area contributed by atoms with Gasteiger partial charge in [-0.3, -0.25) is 0 Å². The van der Waals surface area contributed by atoms with Gasteiger partial charge < -0.3 is 9.47 Å². The van der Waals surface area contributed by atoms with Gasteiger partial charge in [-0.1, -0.05) is 0 Å². The lowest BCUT2D eigenvalue weighted by atomic mass is 10.1. The first kappa shape index (κ1) is 11.4. The van der Waals surface area contributed by atoms with Crippen LogP contribution in [0.5, 0.6) is 5.75 Å². The Balaban J connectivity index is 3.44. The smallest absolute Gasteiger partial charge is 0.342 e. The number of benzene rings is 1. The molecule has 1 rings (SSSR count). The topological polar surface area (TPSA) is 59.3 Å². The molecule has 0 radical (unpaired) electrons. The van der Waals surface area contributed by atoms with E-state index in [4.69, 9.17) is 10.00 Å². The van der Waals surface area contributed by atoms with E-state index in [0.717, 1.165) is 0 Å². The predicted octanol–water partition coefficient (Wildman–Crippen LogP) is 1.64. The number of ether oxygens (including phenoxy) is 2. The van der Waals surface area contributed by atoms with Gasteiger partial charge in [0.1, 0.15) is 17.4 Å². The van der Waals surface area contributed by atoms with Crippen LogP contribution in [0.4, 0.5) is 0 Å². The van der Waals surface area contributed by atoms with Gasteiger partial charge in [0.25, 0.3) is 0 Å². The number of methoxy groups -OCH3 is 2. The van der Waals surface area contributed by atoms with Crippen LogP contribution in [-0.4, -0.2) is 20.2 Å². The lowest BCUT2D eigenvalue weighted by molar-refractivity contribution is 0.0593. The Labute approximate surface area is 92.8 Å². The number of nitrogens with zero attached hydrogens (tertiary/aromatic N) is 1. The van der Waals surface area contributed by atoms with Crippen molar-refractivity contribution in [2.45, 2.75) is 4.90 Å². The Morgan fingerprint density at radius 2 is 2.13 bits per heavy atom. The summed E-state index contributed by atoms with van der Waals surface area (Å²) in [5, 5.41) is 8.77. The fraction of sp³-hybridized carbons (Fsp3) is 0.200. The molecule has 0 saturated carbocycles. The zero-order valence-electron chi connectivity index (χ0n) is 8.27. The third-order valence-corrected chi connectivity index (χ3v) is 2.33. The zero-order chi connectivity index (χ0) is 11.4. The highest BCUT2D eigenvalue weighted by atomic mass is 32.1. The summed E-state index contributed by atoms with van der Waals surface area (Å²) in [6.07, 6.45) is 0. The second-order valence-corrected chi connectivity index (χ2v) is 3.09. The second kappa shape index (κ2) is 4.71. The number of carbonyl (C=O) groups excluding carboxylic acids is 1. The van der Waals surface area contributed by atoms with Crippen LogP contribution in [-0.2, 0) is 4.74 Å². The van der Waals surface area contributed by atoms with Crippen molar-refractivity contribution < 1.29 is 14.3 Å². The van der Waals surface area contributed by atoms with E-state index < -0.39 is 5.97 Å². The number of carbonyl (C=O) groups is 1. The highest BCUT2D eigenvalue weighted by Gasteiger charge is 2.18. The summed E-state index contributed by atoms with van der Waals surface area (Å²) in [5.41, 5.74) is 0.474. The van der Waals surface area contributed by atoms with Crippen LogP contribution in [0.25, 0.3) is 0 Å². The molecular weight excluding hydrogens is 214 g/mol. The van der Waals surface area contributed by atoms with Gasteiger partial charge in [0.2, 0.25) is 0 Å². The molecule has 15 heavy (non-hydrogen) atoms. The monoisotopic (exact) mass is 223 g/mol. The fourth-order valence-corrected chi connectivity index (χ4v) is 1.46. The summed E-state index contributed by atoms with van der Waals surface area (Å²) < 4.78 is 9.57. The first-order valence-electron chi connectivity index (χ1n) is 4.04. The van der Waals surface area contributed by atoms with Crippen molar-refractivity contribution in [2.75, 3.05) is 14.2 Å². The molecule has 0 unspecified atom stereocenters. The molecule has 0 aliphatic heterocycles. The van der Waals surface area contributed by atoms with Crippen LogP contribution in [0.1, 0.15) is 15.9 Å². The van der Waals surface area contributed by atoms with Gasteiger partial charge in [0.15, 0.2) is 0 Å². The average Bonchev–Trinajstić information content (AvgIpc) is 2.27. The van der Waals surface area contributed by atoms with E-state index in [1.807, 2.05) is 6.07 Å². The van der Waals surface area contributed by atoms with Gasteiger partial charge in [-0.15, -0.1) is 12.6 Å². The third kappa shape index (κ3) is 2.05. The Hall–Kier alpha value is -1.67. The highest BCUT2D eigenvalue weighted by molar-refractivity contribution is 7.80. The molecule has 0 fully saturated rings. The first-order valence-corrected chi connectivity index (χ1v) is 4.48. The molecular formula is C10H9NO3S. The molecule has 0 aliphatic rings. The van der Waals surface area contributed by atoms with Crippen molar-refractivity contribution in [3.8, 4) is 11.8 Å². The molecule has 0 N–H and O–H groups in total. The first-order chi connectivity index (χ1) is 7.15. The predicted molar refractivity (Wildman–Crippen MR) is 56.3 cm³/mol. The molecule has 0 heterocycles. The number of thiol groups is 1. The summed E-state index contributed by atoms with van der Waals surface area (Å²) in [5.74, 6) is -0.236. The van der Waals surface area contributed by atoms with Crippen LogP contribution in [0.3, 0.4) is 0 Å². The SMILES string of the molecule is COC(=O)c1c(OC)ccc(C#N)c1S. The van der Waals surface area contributed by atoms with Crippen molar-refractivity contribution in [1.82, 2.24) is 0 Å². The maximum absolute atomic E-state index is 11.4. The Morgan fingerprint density at radius 3 is 2.60 bits per heavy atom. The van der Waals surface area contributed by atoms with Crippen molar-refractivity contribution in [3.63, 3.8) is 0 Å². The quantitative estimate of drug-likeness (QED) is 0.611. The highest BCUT2D eigenvalue weighted by Crippen LogP contribution is 2.28. The number of esters is 1. The lowest BCUT2D eigenvalue weighted by Crippen LogP contribution is -2.06. The third-order valence-electron chi connectivity index (χ3n) is 1.87. The van der Waals surface area contributed by atoms with Gasteiger partial charge in [-0.05, 0) is 12.1 Å². The minimum Gasteiger partial charge on any atom is -0.496 e. The number of hydrogen-bond acceptors (Lipinski definition) is 5. The van der Waals surface area contributed by atoms with E-state index >= 15 is 0 Å². The average molecular weight is 223 g/mol. The molecule has 0 saturated heterocycles. The van der Waals surface area contributed by atoms with E-state index in [1.165, 1.54) is 26.4 Å². The largest absolute Gasteiger partial charge is 0.496 e. The van der Waals surface area contributed by atoms with Crippen molar-refractivity contribution in [2.24, 2.45) is 0 Å². The van der Waals surface area contributed by atoms with E-state index in [-0.39, 0.29) is 10.5 Å². The summed E-state index contributed by atoms with van der Waals surface area (Å²) in [6, 6.07) is 4.99. The lowest BCUT2D eigenvalue weighted by Gasteiger charge is -2.09. The molecule has 1 aromatic rings. The Bertz CT molecular complexity index is 437. The number of rotatable bonds is 2. The molecule has 4 nitrogen and oxygen atoms in total. The second-order valence-electron chi connectivity index (χ2n) is 2.64. The van der Waals surface area contributed by atoms with Crippen LogP contribution >= 0.6 is 12.6 Å². The van der Waals surface area contributed by atoms with Gasteiger partial charge in [0.05, 0.1) is 19.8 Å². The summed E-state index contributed by atoms with van der Waals surface area (Å²) >= 11 is 4.11. The van der Waals surface area contributed by atoms with Crippen LogP contribution in [0.2, 0.25) is 0 Å². The van der Waals surface area contributed by atoms with Crippen molar-refractivity contribution in [3.05, 3.63) is 23.3 Å². The maximum Gasteiger partial charge on any atom is 0.342 e. The molecule has 0 amide bonds. The molecule has 0 aromatic heterocycles. The molecule has 5 heteroatoms. The molecule has 78 valence electrons. The molecule has 0 aliphatic carbocycles. The molecule has 1 aromatic carbocycles. The Morgan fingerprint density at radius 1 is 1.47 bits per heavy atom. The maximum atomic E-state index is 11.4. The standard InChI is InChI=1S/C10H9NO3S/c1-13-7-4-3-6(5-11)9(15)8(7)10(12)14-2/h3-4,15H,1-2H3. The summed E-state index contributed by atoms with van der Waals surface area (Å²) in [7, 11) is 2.69. The normalized spacial score (nSPS) is 9.20. The van der Waals surface area contributed by atoms with Crippen LogP contribution < -0.4 is 4.74 Å². The van der Waals surface area contributed by atoms with Gasteiger partial charge in [0, 0.05) is 4.90 Å². The fourth-order valence-electron chi connectivity index (χ4n) is 1.13. The number of nitriles is 1. The van der Waals surface area contributed by atoms with Crippen molar-refractivity contribution in [1.29, 1.82) is 5.26 Å². The van der Waals surface area contributed by atoms with Gasteiger partial charge in [-0.25, -0.2) is 4.79 Å². The Kier molecular flexibility index (Phi) is 3.58. The van der Waals surface area contributed by atoms with E-state index in [2.05, 4.69) is 17.4 Å². The van der Waals surface area contributed by atoms with Crippen molar-refractivity contribution >= 4 is 18.6 Å².